The van der Waals surface area contributed by atoms with E-state index in [9.17, 15) is 0 Å². The number of benzene rings is 1. The molecular formula is C11H14BrNO. The van der Waals surface area contributed by atoms with Crippen LogP contribution in [0.25, 0.3) is 0 Å². The molecule has 0 heterocycles. The lowest BCUT2D eigenvalue weighted by Gasteiger charge is -2.20. The summed E-state index contributed by atoms with van der Waals surface area (Å²) in [6, 6.07) is 5.84. The van der Waals surface area contributed by atoms with Crippen LogP contribution in [0.4, 0.5) is 5.69 Å². The van der Waals surface area contributed by atoms with Crippen molar-refractivity contribution < 1.29 is 5.11 Å². The third-order valence-corrected chi connectivity index (χ3v) is 2.53. The van der Waals surface area contributed by atoms with Crippen LogP contribution in [-0.2, 0) is 6.61 Å². The number of halogens is 1. The number of aliphatic hydroxyl groups is 1. The molecular weight excluding hydrogens is 242 g/mol. The first-order valence-electron chi connectivity index (χ1n) is 4.40. The van der Waals surface area contributed by atoms with E-state index < -0.39 is 0 Å². The van der Waals surface area contributed by atoms with Crippen molar-refractivity contribution in [1.29, 1.82) is 0 Å². The van der Waals surface area contributed by atoms with E-state index >= 15 is 0 Å². The molecule has 0 atom stereocenters. The van der Waals surface area contributed by atoms with Gasteiger partial charge in [0.25, 0.3) is 0 Å². The van der Waals surface area contributed by atoms with Crippen LogP contribution in [0.3, 0.4) is 0 Å². The third kappa shape index (κ3) is 2.59. The molecule has 0 bridgehead atoms. The van der Waals surface area contributed by atoms with Crippen LogP contribution < -0.4 is 4.90 Å². The van der Waals surface area contributed by atoms with Crippen molar-refractivity contribution in [1.82, 2.24) is 0 Å². The number of likely N-dealkylation sites (N-methyl/N-ethyl adjacent to an activating group) is 1. The normalized spacial score (nSPS) is 9.93. The van der Waals surface area contributed by atoms with E-state index in [1.807, 2.05) is 36.2 Å². The van der Waals surface area contributed by atoms with Gasteiger partial charge in [0.15, 0.2) is 0 Å². The molecule has 0 aliphatic rings. The first-order chi connectivity index (χ1) is 6.69. The van der Waals surface area contributed by atoms with Gasteiger partial charge >= 0.3 is 0 Å². The summed E-state index contributed by atoms with van der Waals surface area (Å²) in [7, 11) is 1.97. The molecule has 0 unspecified atom stereocenters. The second-order valence-electron chi connectivity index (χ2n) is 3.10. The minimum Gasteiger partial charge on any atom is -0.392 e. The van der Waals surface area contributed by atoms with Crippen LogP contribution in [0.15, 0.2) is 35.3 Å². The van der Waals surface area contributed by atoms with Crippen LogP contribution in [-0.4, -0.2) is 18.7 Å². The number of anilines is 1. The van der Waals surface area contributed by atoms with Crippen molar-refractivity contribution in [3.05, 3.63) is 40.9 Å². The van der Waals surface area contributed by atoms with Crippen molar-refractivity contribution in [2.75, 3.05) is 18.5 Å². The summed E-state index contributed by atoms with van der Waals surface area (Å²) in [5, 5.41) is 9.16. The van der Waals surface area contributed by atoms with Gasteiger partial charge in [-0.05, 0) is 12.1 Å². The summed E-state index contributed by atoms with van der Waals surface area (Å²) in [6.45, 7) is 4.52. The fourth-order valence-electron chi connectivity index (χ4n) is 1.32. The van der Waals surface area contributed by atoms with E-state index in [2.05, 4.69) is 22.5 Å². The van der Waals surface area contributed by atoms with E-state index in [-0.39, 0.29) is 6.61 Å². The predicted octanol–water partition coefficient (Wildman–Crippen LogP) is 2.56. The van der Waals surface area contributed by atoms with Gasteiger partial charge in [-0.25, -0.2) is 0 Å². The summed E-state index contributed by atoms with van der Waals surface area (Å²) >= 11 is 3.41. The molecule has 0 amide bonds. The number of hydrogen-bond acceptors (Lipinski definition) is 2. The molecule has 1 N–H and O–H groups in total. The van der Waals surface area contributed by atoms with Gasteiger partial charge in [-0.1, -0.05) is 28.1 Å². The molecule has 0 radical (unpaired) electrons. The zero-order chi connectivity index (χ0) is 10.6. The van der Waals surface area contributed by atoms with E-state index in [0.29, 0.717) is 0 Å². The molecule has 3 heteroatoms. The van der Waals surface area contributed by atoms with Crippen molar-refractivity contribution >= 4 is 21.6 Å². The minimum absolute atomic E-state index is 0.0596. The number of nitrogens with zero attached hydrogens (tertiary/aromatic N) is 1. The molecule has 0 aliphatic carbocycles. The zero-order valence-electron chi connectivity index (χ0n) is 8.20. The number of hydrogen-bond donors (Lipinski definition) is 1. The maximum atomic E-state index is 9.16. The van der Waals surface area contributed by atoms with Gasteiger partial charge in [0.05, 0.1) is 6.61 Å². The summed E-state index contributed by atoms with van der Waals surface area (Å²) in [5.41, 5.74) is 1.96. The summed E-state index contributed by atoms with van der Waals surface area (Å²) < 4.78 is 1.01. The van der Waals surface area contributed by atoms with E-state index in [1.165, 1.54) is 0 Å². The minimum atomic E-state index is 0.0596. The lowest BCUT2D eigenvalue weighted by Crippen LogP contribution is -2.18. The maximum absolute atomic E-state index is 9.16. The number of aliphatic hydroxyl groups excluding tert-OH is 1. The maximum Gasteiger partial charge on any atom is 0.0702 e. The largest absolute Gasteiger partial charge is 0.392 e. The van der Waals surface area contributed by atoms with Crippen LogP contribution in [0.1, 0.15) is 5.56 Å². The molecule has 1 aromatic carbocycles. The van der Waals surface area contributed by atoms with Gasteiger partial charge in [0, 0.05) is 29.3 Å². The van der Waals surface area contributed by atoms with Crippen molar-refractivity contribution in [2.45, 2.75) is 6.61 Å². The fraction of sp³-hybridized carbons (Fsp3) is 0.273. The van der Waals surface area contributed by atoms with Crippen molar-refractivity contribution in [2.24, 2.45) is 0 Å². The van der Waals surface area contributed by atoms with Gasteiger partial charge < -0.3 is 10.0 Å². The molecule has 76 valence electrons. The van der Waals surface area contributed by atoms with Crippen LogP contribution >= 0.6 is 15.9 Å². The fourth-order valence-corrected chi connectivity index (χ4v) is 1.67. The van der Waals surface area contributed by atoms with Gasteiger partial charge in [-0.15, -0.1) is 6.58 Å². The highest BCUT2D eigenvalue weighted by atomic mass is 79.9. The quantitative estimate of drug-likeness (QED) is 0.837. The highest BCUT2D eigenvalue weighted by Crippen LogP contribution is 2.24. The Morgan fingerprint density at radius 3 is 2.86 bits per heavy atom. The average Bonchev–Trinajstić information content (AvgIpc) is 2.18. The van der Waals surface area contributed by atoms with Crippen LogP contribution in [0, 0.1) is 0 Å². The van der Waals surface area contributed by atoms with Gasteiger partial charge in [-0.2, -0.15) is 0 Å². The highest BCUT2D eigenvalue weighted by molar-refractivity contribution is 9.10. The Morgan fingerprint density at radius 1 is 1.57 bits per heavy atom. The molecule has 14 heavy (non-hydrogen) atoms. The Hall–Kier alpha value is -0.800. The van der Waals surface area contributed by atoms with Gasteiger partial charge in [-0.3, -0.25) is 0 Å². The zero-order valence-corrected chi connectivity index (χ0v) is 9.79. The smallest absolute Gasteiger partial charge is 0.0702 e. The molecule has 1 rings (SSSR count). The van der Waals surface area contributed by atoms with Crippen molar-refractivity contribution in [3.8, 4) is 0 Å². The Labute approximate surface area is 93.0 Å². The monoisotopic (exact) mass is 255 g/mol. The second kappa shape index (κ2) is 5.17. The van der Waals surface area contributed by atoms with Gasteiger partial charge in [0.2, 0.25) is 0 Å². The van der Waals surface area contributed by atoms with E-state index in [4.69, 9.17) is 5.11 Å². The third-order valence-electron chi connectivity index (χ3n) is 2.03. The first-order valence-corrected chi connectivity index (χ1v) is 5.19. The SMILES string of the molecule is C=CCN(C)c1cc(Br)ccc1CO. The van der Waals surface area contributed by atoms with E-state index in [0.717, 1.165) is 22.3 Å². The van der Waals surface area contributed by atoms with Crippen LogP contribution in [0.5, 0.6) is 0 Å². The highest BCUT2D eigenvalue weighted by Gasteiger charge is 2.05. The Bertz CT molecular complexity index is 325. The first kappa shape index (κ1) is 11.3. The summed E-state index contributed by atoms with van der Waals surface area (Å²) in [4.78, 5) is 2.04. The molecule has 0 fully saturated rings. The molecule has 0 aromatic heterocycles. The summed E-state index contributed by atoms with van der Waals surface area (Å²) in [5.74, 6) is 0. The molecule has 0 saturated heterocycles. The molecule has 1 aromatic rings. The lowest BCUT2D eigenvalue weighted by atomic mass is 10.1. The average molecular weight is 256 g/mol. The van der Waals surface area contributed by atoms with Crippen LogP contribution in [0.2, 0.25) is 0 Å². The predicted molar refractivity (Wildman–Crippen MR) is 63.5 cm³/mol. The van der Waals surface area contributed by atoms with E-state index in [1.54, 1.807) is 0 Å². The Kier molecular flexibility index (Phi) is 4.17. The topological polar surface area (TPSA) is 23.5 Å². The lowest BCUT2D eigenvalue weighted by molar-refractivity contribution is 0.282. The Balaban J connectivity index is 3.02. The second-order valence-corrected chi connectivity index (χ2v) is 4.02. The van der Waals surface area contributed by atoms with Gasteiger partial charge in [0.1, 0.15) is 0 Å². The molecule has 0 spiro atoms. The number of rotatable bonds is 4. The van der Waals surface area contributed by atoms with Crippen molar-refractivity contribution in [3.63, 3.8) is 0 Å². The molecule has 2 nitrogen and oxygen atoms in total. The standard InChI is InChI=1S/C11H14BrNO/c1-3-6-13(2)11-7-10(12)5-4-9(11)8-14/h3-5,7,14H,1,6,8H2,2H3. The molecule has 0 saturated carbocycles. The molecule has 0 aliphatic heterocycles. The Morgan fingerprint density at radius 2 is 2.29 bits per heavy atom. The summed E-state index contributed by atoms with van der Waals surface area (Å²) in [6.07, 6.45) is 1.84.